The van der Waals surface area contributed by atoms with E-state index >= 15 is 0 Å². The topological polar surface area (TPSA) is 124 Å². The van der Waals surface area contributed by atoms with E-state index in [2.05, 4.69) is 38.1 Å². The average molecular weight is 591 g/mol. The summed E-state index contributed by atoms with van der Waals surface area (Å²) in [4.78, 5) is 5.25. The summed E-state index contributed by atoms with van der Waals surface area (Å²) < 4.78 is 20.8. The third kappa shape index (κ3) is 4.92. The molecule has 0 spiro atoms. The Morgan fingerprint density at radius 1 is 1.10 bits per heavy atom. The van der Waals surface area contributed by atoms with Crippen molar-refractivity contribution in [3.8, 4) is 12.1 Å². The van der Waals surface area contributed by atoms with Crippen LogP contribution in [0.4, 0.5) is 21.5 Å². The highest BCUT2D eigenvalue weighted by Crippen LogP contribution is 2.38. The van der Waals surface area contributed by atoms with Gasteiger partial charge >= 0.3 is 0 Å². The number of rotatable bonds is 7. The molecule has 3 aromatic heterocycles. The maximum absolute atomic E-state index is 13.8. The Morgan fingerprint density at radius 3 is 2.62 bits per heavy atom. The molecule has 1 atom stereocenters. The van der Waals surface area contributed by atoms with Crippen LogP contribution in [0.1, 0.15) is 33.8 Å². The second-order valence-electron chi connectivity index (χ2n) is 9.01. The molecule has 1 aliphatic rings. The summed E-state index contributed by atoms with van der Waals surface area (Å²) >= 11 is 14.1. The summed E-state index contributed by atoms with van der Waals surface area (Å²) in [5.74, 6) is -0.553. The Bertz CT molecular complexity index is 1840. The van der Waals surface area contributed by atoms with E-state index in [9.17, 15) is 14.9 Å². The van der Waals surface area contributed by atoms with Gasteiger partial charge in [0.1, 0.15) is 35.7 Å². The van der Waals surface area contributed by atoms with Crippen LogP contribution >= 0.6 is 34.5 Å². The number of ether oxygens (including phenoxy) is 1. The molecule has 1 saturated heterocycles. The van der Waals surface area contributed by atoms with Gasteiger partial charge in [-0.05, 0) is 36.4 Å². The van der Waals surface area contributed by atoms with Crippen LogP contribution in [0.5, 0.6) is 0 Å². The van der Waals surface area contributed by atoms with Crippen LogP contribution in [0.2, 0.25) is 10.0 Å². The zero-order chi connectivity index (χ0) is 27.8. The highest BCUT2D eigenvalue weighted by Gasteiger charge is 2.26. The summed E-state index contributed by atoms with van der Waals surface area (Å²) in [7, 11) is 0. The van der Waals surface area contributed by atoms with Crippen molar-refractivity contribution in [1.82, 2.24) is 20.0 Å². The molecule has 2 aromatic carbocycles. The van der Waals surface area contributed by atoms with Crippen LogP contribution in [-0.4, -0.2) is 33.2 Å². The molecule has 0 amide bonds. The number of aromatic nitrogens is 4. The van der Waals surface area contributed by atoms with Crippen molar-refractivity contribution >= 4 is 62.5 Å². The Balaban J connectivity index is 1.43. The lowest BCUT2D eigenvalue weighted by molar-refractivity contribution is -0.0293. The number of pyridine rings is 1. The van der Waals surface area contributed by atoms with Crippen molar-refractivity contribution < 1.29 is 9.13 Å². The molecule has 1 fully saturated rings. The number of fused-ring (bicyclic) bond motifs is 1. The maximum Gasteiger partial charge on any atom is 0.141 e. The second kappa shape index (κ2) is 10.7. The molecule has 4 heterocycles. The molecule has 0 saturated carbocycles. The molecule has 40 heavy (non-hydrogen) atoms. The van der Waals surface area contributed by atoms with Gasteiger partial charge in [-0.15, -0.1) is 16.4 Å². The third-order valence-corrected chi connectivity index (χ3v) is 7.97. The lowest BCUT2D eigenvalue weighted by atomic mass is 10.1. The monoisotopic (exact) mass is 590 g/mol. The van der Waals surface area contributed by atoms with E-state index in [-0.39, 0.29) is 16.6 Å². The Morgan fingerprint density at radius 2 is 1.93 bits per heavy atom. The first-order chi connectivity index (χ1) is 19.4. The summed E-state index contributed by atoms with van der Waals surface area (Å²) in [6.45, 7) is 1.14. The molecular formula is C27H17Cl2FN8OS. The summed E-state index contributed by atoms with van der Waals surface area (Å²) in [5, 5.41) is 37.2. The first-order valence-electron chi connectivity index (χ1n) is 11.9. The van der Waals surface area contributed by atoms with Crippen LogP contribution in [0.15, 0.2) is 54.2 Å². The number of benzene rings is 2. The van der Waals surface area contributed by atoms with Gasteiger partial charge in [0.25, 0.3) is 0 Å². The Labute approximate surface area is 241 Å². The second-order valence-corrected chi connectivity index (χ2v) is 10.8. The van der Waals surface area contributed by atoms with Gasteiger partial charge in [-0.2, -0.15) is 10.5 Å². The van der Waals surface area contributed by atoms with Crippen LogP contribution in [-0.2, 0) is 4.74 Å². The molecule has 0 aliphatic carbocycles. The zero-order valence-corrected chi connectivity index (χ0v) is 22.7. The molecule has 9 nitrogen and oxygen atoms in total. The molecule has 13 heteroatoms. The van der Waals surface area contributed by atoms with E-state index < -0.39 is 11.9 Å². The van der Waals surface area contributed by atoms with Gasteiger partial charge in [0.2, 0.25) is 0 Å². The van der Waals surface area contributed by atoms with Gasteiger partial charge in [0.05, 0.1) is 51.8 Å². The van der Waals surface area contributed by atoms with Crippen molar-refractivity contribution in [3.05, 3.63) is 91.7 Å². The Kier molecular flexibility index (Phi) is 6.96. The van der Waals surface area contributed by atoms with E-state index in [4.69, 9.17) is 27.9 Å². The molecule has 2 N–H and O–H groups in total. The molecule has 1 unspecified atom stereocenters. The van der Waals surface area contributed by atoms with Gasteiger partial charge in [-0.1, -0.05) is 28.4 Å². The first-order valence-corrected chi connectivity index (χ1v) is 13.6. The number of anilines is 3. The normalized spacial score (nSPS) is 13.8. The standard InChI is InChI=1S/C27H17Cl2FN8OS/c28-20-5-16(1-2-22(20)30)34-25-15(8-32)9-33-26-19(25)4-17(6-21(26)29)35-27(24-3-14(7-31)13-40-24)23-10-38(37-36-23)18-11-39-12-18/h1-6,9-10,13,18,27,35H,11-12H2,(H,33,34). The lowest BCUT2D eigenvalue weighted by Crippen LogP contribution is -2.31. The summed E-state index contributed by atoms with van der Waals surface area (Å²) in [6, 6.07) is 13.5. The van der Waals surface area contributed by atoms with E-state index in [1.165, 1.54) is 35.7 Å². The minimum Gasteiger partial charge on any atom is -0.377 e. The Hall–Kier alpha value is -4.26. The highest BCUT2D eigenvalue weighted by molar-refractivity contribution is 7.10. The van der Waals surface area contributed by atoms with Crippen molar-refractivity contribution in [1.29, 1.82) is 10.5 Å². The molecule has 198 valence electrons. The SMILES string of the molecule is N#Cc1csc(C(Nc2cc(Cl)c3ncc(C#N)c(Nc4ccc(F)c(Cl)c4)c3c2)c2cn(C3COC3)nn2)c1. The number of thiophene rings is 1. The average Bonchev–Trinajstić information content (AvgIpc) is 3.59. The van der Waals surface area contributed by atoms with Crippen LogP contribution in [0.3, 0.4) is 0 Å². The highest BCUT2D eigenvalue weighted by atomic mass is 35.5. The number of hydrogen-bond acceptors (Lipinski definition) is 9. The van der Waals surface area contributed by atoms with Crippen molar-refractivity contribution in [2.24, 2.45) is 0 Å². The number of nitriles is 2. The fourth-order valence-electron chi connectivity index (χ4n) is 4.28. The third-order valence-electron chi connectivity index (χ3n) is 6.40. The van der Waals surface area contributed by atoms with Gasteiger partial charge in [-0.25, -0.2) is 9.07 Å². The molecule has 5 aromatic rings. The number of nitrogens with zero attached hydrogens (tertiary/aromatic N) is 6. The van der Waals surface area contributed by atoms with Crippen molar-refractivity contribution in [3.63, 3.8) is 0 Å². The van der Waals surface area contributed by atoms with Crippen molar-refractivity contribution in [2.45, 2.75) is 12.1 Å². The maximum atomic E-state index is 13.8. The lowest BCUT2D eigenvalue weighted by Gasteiger charge is -2.25. The van der Waals surface area contributed by atoms with E-state index in [0.29, 0.717) is 57.5 Å². The van der Waals surface area contributed by atoms with Crippen molar-refractivity contribution in [2.75, 3.05) is 23.8 Å². The first kappa shape index (κ1) is 26.0. The van der Waals surface area contributed by atoms with Gasteiger partial charge in [0.15, 0.2) is 0 Å². The molecule has 6 rings (SSSR count). The predicted octanol–water partition coefficient (Wildman–Crippen LogP) is 6.59. The molecule has 0 bridgehead atoms. The molecule has 1 aliphatic heterocycles. The predicted molar refractivity (Wildman–Crippen MR) is 151 cm³/mol. The minimum atomic E-state index is -0.553. The molecule has 0 radical (unpaired) electrons. The van der Waals surface area contributed by atoms with E-state index in [1.54, 1.807) is 22.2 Å². The largest absolute Gasteiger partial charge is 0.377 e. The van der Waals surface area contributed by atoms with E-state index in [0.717, 1.165) is 4.88 Å². The van der Waals surface area contributed by atoms with Crippen LogP contribution in [0, 0.1) is 28.5 Å². The van der Waals surface area contributed by atoms with Gasteiger partial charge < -0.3 is 15.4 Å². The van der Waals surface area contributed by atoms with Crippen LogP contribution in [0.25, 0.3) is 10.9 Å². The minimum absolute atomic E-state index is 0.0562. The fraction of sp³-hybridized carbons (Fsp3) is 0.148. The summed E-state index contributed by atoms with van der Waals surface area (Å²) in [5.41, 5.74) is 3.47. The zero-order valence-electron chi connectivity index (χ0n) is 20.4. The fourth-order valence-corrected chi connectivity index (χ4v) is 5.62. The smallest absolute Gasteiger partial charge is 0.141 e. The van der Waals surface area contributed by atoms with Gasteiger partial charge in [-0.3, -0.25) is 4.98 Å². The number of nitrogens with one attached hydrogen (secondary N) is 2. The molecular weight excluding hydrogens is 574 g/mol. The number of halogens is 3. The quantitative estimate of drug-likeness (QED) is 0.217. The van der Waals surface area contributed by atoms with Gasteiger partial charge in [0, 0.05) is 33.2 Å². The van der Waals surface area contributed by atoms with E-state index in [1.807, 2.05) is 12.3 Å². The summed E-state index contributed by atoms with van der Waals surface area (Å²) in [6.07, 6.45) is 3.29. The van der Waals surface area contributed by atoms with Crippen LogP contribution < -0.4 is 10.6 Å². The number of hydrogen-bond donors (Lipinski definition) is 2.